The van der Waals surface area contributed by atoms with Crippen molar-refractivity contribution in [2.24, 2.45) is 0 Å². The van der Waals surface area contributed by atoms with Crippen molar-refractivity contribution >= 4 is 5.91 Å². The zero-order chi connectivity index (χ0) is 10.9. The summed E-state index contributed by atoms with van der Waals surface area (Å²) in [6.45, 7) is 0.785. The Labute approximate surface area is 90.4 Å². The summed E-state index contributed by atoms with van der Waals surface area (Å²) >= 11 is 0. The van der Waals surface area contributed by atoms with Crippen molar-refractivity contribution in [3.8, 4) is 0 Å². The van der Waals surface area contributed by atoms with Crippen LogP contribution in [0.5, 0.6) is 0 Å². The summed E-state index contributed by atoms with van der Waals surface area (Å²) in [5, 5.41) is 2.51. The molecule has 0 aliphatic carbocycles. The van der Waals surface area contributed by atoms with Gasteiger partial charge in [-0.25, -0.2) is 0 Å². The van der Waals surface area contributed by atoms with Crippen molar-refractivity contribution < 1.29 is 9.53 Å². The van der Waals surface area contributed by atoms with Crippen molar-refractivity contribution in [3.05, 3.63) is 35.9 Å². The minimum absolute atomic E-state index is 0.0743. The standard InChI is InChI=1S/C12H17NO2/c1-13-12(14)10-15-9-5-8-11-6-3-2-4-7-11/h2-4,6-7H,5,8-10H2,1H3,(H,13,14). The number of hydrogen-bond donors (Lipinski definition) is 1. The van der Waals surface area contributed by atoms with Crippen LogP contribution in [-0.2, 0) is 16.0 Å². The summed E-state index contributed by atoms with van der Waals surface area (Å²) in [6.07, 6.45) is 1.94. The van der Waals surface area contributed by atoms with Crippen LogP contribution in [0.15, 0.2) is 30.3 Å². The molecule has 0 radical (unpaired) electrons. The maximum Gasteiger partial charge on any atom is 0.245 e. The average Bonchev–Trinajstić information content (AvgIpc) is 2.29. The molecule has 0 unspecified atom stereocenters. The van der Waals surface area contributed by atoms with E-state index in [1.807, 2.05) is 18.2 Å². The van der Waals surface area contributed by atoms with Gasteiger partial charge in [-0.1, -0.05) is 30.3 Å². The summed E-state index contributed by atoms with van der Waals surface area (Å²) in [6, 6.07) is 10.3. The quantitative estimate of drug-likeness (QED) is 0.716. The van der Waals surface area contributed by atoms with Crippen LogP contribution in [0.2, 0.25) is 0 Å². The van der Waals surface area contributed by atoms with Gasteiger partial charge in [0.1, 0.15) is 6.61 Å². The highest BCUT2D eigenvalue weighted by Gasteiger charge is 1.97. The molecule has 1 aromatic rings. The molecular formula is C12H17NO2. The number of ether oxygens (including phenoxy) is 1. The van der Waals surface area contributed by atoms with Gasteiger partial charge in [0.15, 0.2) is 0 Å². The number of hydrogen-bond acceptors (Lipinski definition) is 2. The first-order valence-corrected chi connectivity index (χ1v) is 5.15. The van der Waals surface area contributed by atoms with E-state index >= 15 is 0 Å². The number of amides is 1. The van der Waals surface area contributed by atoms with Gasteiger partial charge in [0.05, 0.1) is 0 Å². The van der Waals surface area contributed by atoms with Crippen LogP contribution in [0.4, 0.5) is 0 Å². The van der Waals surface area contributed by atoms with Crippen LogP contribution in [0, 0.1) is 0 Å². The maximum atomic E-state index is 10.8. The maximum absolute atomic E-state index is 10.8. The first kappa shape index (κ1) is 11.7. The third-order valence-corrected chi connectivity index (χ3v) is 2.11. The van der Waals surface area contributed by atoms with Gasteiger partial charge in [-0.15, -0.1) is 0 Å². The van der Waals surface area contributed by atoms with Gasteiger partial charge < -0.3 is 10.1 Å². The predicted molar refractivity (Wildman–Crippen MR) is 59.6 cm³/mol. The smallest absolute Gasteiger partial charge is 0.245 e. The van der Waals surface area contributed by atoms with E-state index < -0.39 is 0 Å². The highest BCUT2D eigenvalue weighted by molar-refractivity contribution is 5.76. The van der Waals surface area contributed by atoms with E-state index in [9.17, 15) is 4.79 Å². The van der Waals surface area contributed by atoms with E-state index in [0.717, 1.165) is 12.8 Å². The minimum Gasteiger partial charge on any atom is -0.372 e. The summed E-state index contributed by atoms with van der Waals surface area (Å²) in [5.74, 6) is -0.0743. The first-order chi connectivity index (χ1) is 7.33. The molecule has 82 valence electrons. The molecule has 0 saturated carbocycles. The molecule has 1 N–H and O–H groups in total. The van der Waals surface area contributed by atoms with Crippen LogP contribution >= 0.6 is 0 Å². The molecule has 15 heavy (non-hydrogen) atoms. The highest BCUT2D eigenvalue weighted by atomic mass is 16.5. The van der Waals surface area contributed by atoms with Crippen molar-refractivity contribution in [1.29, 1.82) is 0 Å². The van der Waals surface area contributed by atoms with E-state index in [1.54, 1.807) is 7.05 Å². The fourth-order valence-electron chi connectivity index (χ4n) is 1.26. The number of carbonyl (C=O) groups excluding carboxylic acids is 1. The molecule has 0 spiro atoms. The molecule has 0 aromatic heterocycles. The van der Waals surface area contributed by atoms with Crippen LogP contribution < -0.4 is 5.32 Å². The summed E-state index contributed by atoms with van der Waals surface area (Å²) < 4.78 is 5.20. The highest BCUT2D eigenvalue weighted by Crippen LogP contribution is 2.01. The molecule has 0 heterocycles. The number of likely N-dealkylation sites (N-methyl/N-ethyl adjacent to an activating group) is 1. The Morgan fingerprint density at radius 2 is 2.07 bits per heavy atom. The minimum atomic E-state index is -0.0743. The molecule has 0 atom stereocenters. The molecule has 0 bridgehead atoms. The van der Waals surface area contributed by atoms with Gasteiger partial charge in [0.25, 0.3) is 0 Å². The molecule has 0 aliphatic heterocycles. The van der Waals surface area contributed by atoms with Gasteiger partial charge in [-0.3, -0.25) is 4.79 Å². The Kier molecular flexibility index (Phi) is 5.48. The molecule has 1 rings (SSSR count). The summed E-state index contributed by atoms with van der Waals surface area (Å²) in [7, 11) is 1.61. The number of aryl methyl sites for hydroxylation is 1. The summed E-state index contributed by atoms with van der Waals surface area (Å²) in [5.41, 5.74) is 1.31. The monoisotopic (exact) mass is 207 g/mol. The van der Waals surface area contributed by atoms with E-state index in [4.69, 9.17) is 4.74 Å². The van der Waals surface area contributed by atoms with Gasteiger partial charge in [0.2, 0.25) is 5.91 Å². The topological polar surface area (TPSA) is 38.3 Å². The van der Waals surface area contributed by atoms with Crippen molar-refractivity contribution in [2.75, 3.05) is 20.3 Å². The fraction of sp³-hybridized carbons (Fsp3) is 0.417. The third-order valence-electron chi connectivity index (χ3n) is 2.11. The molecule has 1 aromatic carbocycles. The molecule has 0 saturated heterocycles. The lowest BCUT2D eigenvalue weighted by Crippen LogP contribution is -2.23. The molecule has 3 nitrogen and oxygen atoms in total. The fourth-order valence-corrected chi connectivity index (χ4v) is 1.26. The van der Waals surface area contributed by atoms with E-state index in [2.05, 4.69) is 17.4 Å². The predicted octanol–water partition coefficient (Wildman–Crippen LogP) is 1.38. The zero-order valence-corrected chi connectivity index (χ0v) is 9.03. The molecule has 0 aliphatic rings. The van der Waals surface area contributed by atoms with Crippen molar-refractivity contribution in [2.45, 2.75) is 12.8 Å². The SMILES string of the molecule is CNC(=O)COCCCc1ccccc1. The number of benzene rings is 1. The first-order valence-electron chi connectivity index (χ1n) is 5.15. The largest absolute Gasteiger partial charge is 0.372 e. The second-order valence-electron chi connectivity index (χ2n) is 3.31. The lowest BCUT2D eigenvalue weighted by atomic mass is 10.1. The Morgan fingerprint density at radius 3 is 2.73 bits per heavy atom. The zero-order valence-electron chi connectivity index (χ0n) is 9.03. The normalized spacial score (nSPS) is 9.93. The van der Waals surface area contributed by atoms with Gasteiger partial charge in [0, 0.05) is 13.7 Å². The van der Waals surface area contributed by atoms with Crippen molar-refractivity contribution in [1.82, 2.24) is 5.32 Å². The van der Waals surface area contributed by atoms with Crippen LogP contribution in [-0.4, -0.2) is 26.2 Å². The Hall–Kier alpha value is -1.35. The van der Waals surface area contributed by atoms with E-state index in [-0.39, 0.29) is 12.5 Å². The van der Waals surface area contributed by atoms with Crippen LogP contribution in [0.25, 0.3) is 0 Å². The number of nitrogens with one attached hydrogen (secondary N) is 1. The molecule has 1 amide bonds. The van der Waals surface area contributed by atoms with Gasteiger partial charge in [-0.05, 0) is 18.4 Å². The summed E-state index contributed by atoms with van der Waals surface area (Å²) in [4.78, 5) is 10.8. The molecule has 0 fully saturated rings. The third kappa shape index (κ3) is 5.18. The Balaban J connectivity index is 2.05. The molecular weight excluding hydrogens is 190 g/mol. The van der Waals surface area contributed by atoms with E-state index in [0.29, 0.717) is 6.61 Å². The lowest BCUT2D eigenvalue weighted by Gasteiger charge is -2.03. The second-order valence-corrected chi connectivity index (χ2v) is 3.31. The van der Waals surface area contributed by atoms with Gasteiger partial charge in [-0.2, -0.15) is 0 Å². The van der Waals surface area contributed by atoms with Crippen molar-refractivity contribution in [3.63, 3.8) is 0 Å². The van der Waals surface area contributed by atoms with Gasteiger partial charge >= 0.3 is 0 Å². The molecule has 3 heteroatoms. The lowest BCUT2D eigenvalue weighted by molar-refractivity contribution is -0.125. The average molecular weight is 207 g/mol. The number of rotatable bonds is 6. The van der Waals surface area contributed by atoms with Crippen LogP contribution in [0.1, 0.15) is 12.0 Å². The van der Waals surface area contributed by atoms with E-state index in [1.165, 1.54) is 5.56 Å². The Morgan fingerprint density at radius 1 is 1.33 bits per heavy atom. The number of carbonyl (C=O) groups is 1. The Bertz CT molecular complexity index is 285. The second kappa shape index (κ2) is 7.01. The van der Waals surface area contributed by atoms with Crippen LogP contribution in [0.3, 0.4) is 0 Å².